The number of nitrogens with one attached hydrogen (secondary N) is 1. The van der Waals surface area contributed by atoms with Crippen LogP contribution in [0.25, 0.3) is 0 Å². The molecule has 2 atom stereocenters. The molecule has 1 aromatic carbocycles. The number of benzene rings is 1. The summed E-state index contributed by atoms with van der Waals surface area (Å²) in [6.07, 6.45) is 7.42. The maximum absolute atomic E-state index is 12.7. The largest absolute Gasteiger partial charge is 0.482 e. The molecule has 2 aromatic rings. The van der Waals surface area contributed by atoms with Crippen LogP contribution in [0, 0.1) is 0 Å². The summed E-state index contributed by atoms with van der Waals surface area (Å²) in [6.45, 7) is 1.85. The van der Waals surface area contributed by atoms with E-state index in [1.165, 1.54) is 0 Å². The Kier molecular flexibility index (Phi) is 5.09. The molecule has 1 N–H and O–H groups in total. The Morgan fingerprint density at radius 3 is 2.56 bits per heavy atom. The van der Waals surface area contributed by atoms with Crippen LogP contribution in [0.3, 0.4) is 0 Å². The number of aromatic nitrogens is 2. The van der Waals surface area contributed by atoms with E-state index in [4.69, 9.17) is 14.2 Å². The lowest BCUT2D eigenvalue weighted by molar-refractivity contribution is -0.134. The molecule has 1 aliphatic heterocycles. The zero-order valence-corrected chi connectivity index (χ0v) is 15.2. The zero-order chi connectivity index (χ0) is 18.6. The van der Waals surface area contributed by atoms with Gasteiger partial charge in [0, 0.05) is 18.4 Å². The molecule has 1 aliphatic carbocycles. The Balaban J connectivity index is 1.28. The van der Waals surface area contributed by atoms with Gasteiger partial charge in [0.1, 0.15) is 12.2 Å². The predicted molar refractivity (Wildman–Crippen MR) is 97.8 cm³/mol. The summed E-state index contributed by atoms with van der Waals surface area (Å²) in [5.41, 5.74) is 0. The second-order valence-electron chi connectivity index (χ2n) is 6.95. The van der Waals surface area contributed by atoms with Crippen molar-refractivity contribution in [1.82, 2.24) is 15.3 Å². The molecule has 0 radical (unpaired) electrons. The van der Waals surface area contributed by atoms with Crippen molar-refractivity contribution in [2.45, 2.75) is 57.0 Å². The maximum Gasteiger partial charge on any atom is 0.265 e. The van der Waals surface area contributed by atoms with Crippen LogP contribution in [-0.4, -0.2) is 40.2 Å². The Bertz CT molecular complexity index is 778. The minimum Gasteiger partial charge on any atom is -0.482 e. The Morgan fingerprint density at radius 2 is 1.85 bits per heavy atom. The molecule has 142 valence electrons. The molecule has 1 saturated carbocycles. The molecule has 4 rings (SSSR count). The van der Waals surface area contributed by atoms with Crippen molar-refractivity contribution in [3.63, 3.8) is 0 Å². The van der Waals surface area contributed by atoms with Crippen LogP contribution in [0.4, 0.5) is 0 Å². The van der Waals surface area contributed by atoms with Crippen LogP contribution in [-0.2, 0) is 4.79 Å². The van der Waals surface area contributed by atoms with E-state index >= 15 is 0 Å². The molecular formula is C20H23N3O4. The molecule has 2 heterocycles. The number of hydrogen-bond acceptors (Lipinski definition) is 6. The first-order valence-corrected chi connectivity index (χ1v) is 9.34. The van der Waals surface area contributed by atoms with E-state index in [-0.39, 0.29) is 24.2 Å². The summed E-state index contributed by atoms with van der Waals surface area (Å²) in [5.74, 6) is 1.70. The lowest BCUT2D eigenvalue weighted by Crippen LogP contribution is -2.52. The minimum atomic E-state index is -0.645. The van der Waals surface area contributed by atoms with Crippen LogP contribution >= 0.6 is 0 Å². The number of nitrogens with zero attached hydrogens (tertiary/aromatic N) is 2. The van der Waals surface area contributed by atoms with Gasteiger partial charge in [-0.25, -0.2) is 4.98 Å². The molecule has 1 fully saturated rings. The number of rotatable bonds is 4. The molecule has 2 aliphatic rings. The van der Waals surface area contributed by atoms with E-state index < -0.39 is 6.10 Å². The molecule has 0 bridgehead atoms. The number of fused-ring (bicyclic) bond motifs is 1. The number of carbonyl (C=O) groups excluding carboxylic acids is 1. The van der Waals surface area contributed by atoms with Gasteiger partial charge in [0.2, 0.25) is 12.0 Å². The second kappa shape index (κ2) is 7.82. The Labute approximate surface area is 158 Å². The van der Waals surface area contributed by atoms with Crippen LogP contribution in [0.15, 0.2) is 42.9 Å². The third kappa shape index (κ3) is 4.13. The van der Waals surface area contributed by atoms with Crippen molar-refractivity contribution in [2.24, 2.45) is 0 Å². The van der Waals surface area contributed by atoms with Gasteiger partial charge < -0.3 is 19.5 Å². The van der Waals surface area contributed by atoms with Gasteiger partial charge in [0.05, 0.1) is 6.20 Å². The summed E-state index contributed by atoms with van der Waals surface area (Å²) >= 11 is 0. The fourth-order valence-electron chi connectivity index (χ4n) is 3.53. The van der Waals surface area contributed by atoms with Crippen molar-refractivity contribution in [3.8, 4) is 17.4 Å². The van der Waals surface area contributed by atoms with Gasteiger partial charge in [-0.15, -0.1) is 0 Å². The molecule has 0 saturated heterocycles. The maximum atomic E-state index is 12.7. The third-order valence-corrected chi connectivity index (χ3v) is 4.95. The first-order chi connectivity index (χ1) is 13.2. The SMILES string of the molecule is CC1Oc2ccccc2OC1C(=O)NC1CCC(Oc2cnccn2)CC1. The van der Waals surface area contributed by atoms with Crippen LogP contribution in [0.1, 0.15) is 32.6 Å². The Morgan fingerprint density at radius 1 is 1.11 bits per heavy atom. The van der Waals surface area contributed by atoms with Crippen molar-refractivity contribution < 1.29 is 19.0 Å². The van der Waals surface area contributed by atoms with Crippen molar-refractivity contribution in [3.05, 3.63) is 42.9 Å². The van der Waals surface area contributed by atoms with Gasteiger partial charge in [-0.2, -0.15) is 0 Å². The van der Waals surface area contributed by atoms with Gasteiger partial charge in [-0.05, 0) is 44.7 Å². The number of ether oxygens (including phenoxy) is 3. The average molecular weight is 369 g/mol. The smallest absolute Gasteiger partial charge is 0.265 e. The van der Waals surface area contributed by atoms with E-state index in [0.29, 0.717) is 17.4 Å². The predicted octanol–water partition coefficient (Wildman–Crippen LogP) is 2.51. The fraction of sp³-hybridized carbons (Fsp3) is 0.450. The summed E-state index contributed by atoms with van der Waals surface area (Å²) < 4.78 is 17.5. The van der Waals surface area contributed by atoms with E-state index in [1.807, 2.05) is 31.2 Å². The highest BCUT2D eigenvalue weighted by molar-refractivity contribution is 5.82. The highest BCUT2D eigenvalue weighted by Gasteiger charge is 2.35. The van der Waals surface area contributed by atoms with E-state index in [0.717, 1.165) is 25.7 Å². The first-order valence-electron chi connectivity index (χ1n) is 9.34. The molecule has 1 aromatic heterocycles. The molecule has 7 nitrogen and oxygen atoms in total. The highest BCUT2D eigenvalue weighted by atomic mass is 16.6. The minimum absolute atomic E-state index is 0.106. The summed E-state index contributed by atoms with van der Waals surface area (Å²) in [5, 5.41) is 3.11. The first kappa shape index (κ1) is 17.6. The molecule has 27 heavy (non-hydrogen) atoms. The molecule has 7 heteroatoms. The van der Waals surface area contributed by atoms with Gasteiger partial charge in [0.15, 0.2) is 11.5 Å². The molecular weight excluding hydrogens is 346 g/mol. The van der Waals surface area contributed by atoms with Crippen molar-refractivity contribution in [2.75, 3.05) is 0 Å². The van der Waals surface area contributed by atoms with Crippen molar-refractivity contribution in [1.29, 1.82) is 0 Å². The second-order valence-corrected chi connectivity index (χ2v) is 6.95. The summed E-state index contributed by atoms with van der Waals surface area (Å²) in [6, 6.07) is 7.53. The normalized spacial score (nSPS) is 26.9. The summed E-state index contributed by atoms with van der Waals surface area (Å²) in [4.78, 5) is 20.8. The molecule has 0 spiro atoms. The molecule has 2 unspecified atom stereocenters. The number of hydrogen-bond donors (Lipinski definition) is 1. The third-order valence-electron chi connectivity index (χ3n) is 4.95. The van der Waals surface area contributed by atoms with Crippen molar-refractivity contribution >= 4 is 5.91 Å². The standard InChI is InChI=1S/C20H23N3O4/c1-13-19(27-17-5-3-2-4-16(17)25-13)20(24)23-14-6-8-15(9-7-14)26-18-12-21-10-11-22-18/h2-5,10-15,19H,6-9H2,1H3,(H,23,24). The molecule has 1 amide bonds. The fourth-order valence-corrected chi connectivity index (χ4v) is 3.53. The average Bonchev–Trinajstić information content (AvgIpc) is 2.69. The quantitative estimate of drug-likeness (QED) is 0.892. The highest BCUT2D eigenvalue weighted by Crippen LogP contribution is 2.33. The van der Waals surface area contributed by atoms with E-state index in [2.05, 4.69) is 15.3 Å². The van der Waals surface area contributed by atoms with Crippen LogP contribution < -0.4 is 19.5 Å². The zero-order valence-electron chi connectivity index (χ0n) is 15.2. The topological polar surface area (TPSA) is 82.6 Å². The number of carbonyl (C=O) groups is 1. The van der Waals surface area contributed by atoms with Gasteiger partial charge in [-0.1, -0.05) is 12.1 Å². The lowest BCUT2D eigenvalue weighted by atomic mass is 9.92. The van der Waals surface area contributed by atoms with Gasteiger partial charge in [-0.3, -0.25) is 9.78 Å². The number of para-hydroxylation sites is 2. The van der Waals surface area contributed by atoms with Gasteiger partial charge in [0.25, 0.3) is 5.91 Å². The Hall–Kier alpha value is -2.83. The van der Waals surface area contributed by atoms with E-state index in [9.17, 15) is 4.79 Å². The van der Waals surface area contributed by atoms with Gasteiger partial charge >= 0.3 is 0 Å². The van der Waals surface area contributed by atoms with Crippen LogP contribution in [0.5, 0.6) is 17.4 Å². The monoisotopic (exact) mass is 369 g/mol. The van der Waals surface area contributed by atoms with E-state index in [1.54, 1.807) is 18.6 Å². The lowest BCUT2D eigenvalue weighted by Gasteiger charge is -2.33. The number of amides is 1. The van der Waals surface area contributed by atoms with Crippen LogP contribution in [0.2, 0.25) is 0 Å². The summed E-state index contributed by atoms with van der Waals surface area (Å²) in [7, 11) is 0.